The van der Waals surface area contributed by atoms with Gasteiger partial charge in [-0.25, -0.2) is 4.79 Å². The molecule has 0 aromatic heterocycles. The number of hydrogen-bond donors (Lipinski definition) is 2. The Morgan fingerprint density at radius 2 is 1.89 bits per heavy atom. The van der Waals surface area contributed by atoms with Crippen LogP contribution < -0.4 is 5.32 Å². The Hall–Kier alpha value is -1.55. The fourth-order valence-corrected chi connectivity index (χ4v) is 2.70. The molecule has 0 aliphatic heterocycles. The average molecular weight is 282 g/mol. The molecule has 4 nitrogen and oxygen atoms in total. The summed E-state index contributed by atoms with van der Waals surface area (Å²) in [4.78, 5) is 23.3. The Morgan fingerprint density at radius 1 is 1.21 bits per heavy atom. The van der Waals surface area contributed by atoms with Crippen LogP contribution in [0.15, 0.2) is 18.2 Å². The number of halogens is 1. The zero-order valence-corrected chi connectivity index (χ0v) is 11.2. The summed E-state index contributed by atoms with van der Waals surface area (Å²) in [5, 5.41) is 12.0. The molecule has 0 saturated heterocycles. The third kappa shape index (κ3) is 3.26. The first kappa shape index (κ1) is 13.9. The first-order valence-electron chi connectivity index (χ1n) is 6.42. The molecule has 1 aromatic rings. The molecule has 0 spiro atoms. The minimum Gasteiger partial charge on any atom is -0.478 e. The molecule has 0 unspecified atom stereocenters. The van der Waals surface area contributed by atoms with Gasteiger partial charge in [0.2, 0.25) is 5.91 Å². The van der Waals surface area contributed by atoms with Gasteiger partial charge in [0.05, 0.1) is 10.7 Å². The van der Waals surface area contributed by atoms with E-state index < -0.39 is 5.97 Å². The number of benzene rings is 1. The lowest BCUT2D eigenvalue weighted by atomic mass is 9.88. The third-order valence-corrected chi connectivity index (χ3v) is 3.78. The maximum Gasteiger partial charge on any atom is 0.339 e. The van der Waals surface area contributed by atoms with Crippen molar-refractivity contribution in [2.45, 2.75) is 32.1 Å². The Balaban J connectivity index is 2.16. The van der Waals surface area contributed by atoms with Gasteiger partial charge >= 0.3 is 5.97 Å². The van der Waals surface area contributed by atoms with Crippen molar-refractivity contribution in [1.29, 1.82) is 0 Å². The van der Waals surface area contributed by atoms with Gasteiger partial charge in [-0.3, -0.25) is 4.79 Å². The lowest BCUT2D eigenvalue weighted by Crippen LogP contribution is -2.25. The standard InChI is InChI=1S/C14H16ClNO3/c15-10-7-4-8-11(12(10)14(18)19)16-13(17)9-5-2-1-3-6-9/h4,7-9H,1-3,5-6H2,(H,16,17)(H,18,19). The Kier molecular flexibility index (Phi) is 4.43. The molecule has 102 valence electrons. The highest BCUT2D eigenvalue weighted by atomic mass is 35.5. The van der Waals surface area contributed by atoms with Crippen molar-refractivity contribution in [2.24, 2.45) is 5.92 Å². The van der Waals surface area contributed by atoms with E-state index in [-0.39, 0.29) is 28.1 Å². The SMILES string of the molecule is O=C(O)c1c(Cl)cccc1NC(=O)C1CCCCC1. The highest BCUT2D eigenvalue weighted by Gasteiger charge is 2.23. The van der Waals surface area contributed by atoms with Crippen molar-refractivity contribution in [3.8, 4) is 0 Å². The van der Waals surface area contributed by atoms with E-state index in [0.717, 1.165) is 25.7 Å². The lowest BCUT2D eigenvalue weighted by Gasteiger charge is -2.21. The van der Waals surface area contributed by atoms with E-state index in [9.17, 15) is 9.59 Å². The molecule has 0 radical (unpaired) electrons. The molecule has 1 fully saturated rings. The molecule has 1 amide bonds. The van der Waals surface area contributed by atoms with Gasteiger partial charge in [-0.15, -0.1) is 0 Å². The molecule has 1 aliphatic carbocycles. The van der Waals surface area contributed by atoms with Gasteiger partial charge in [0.1, 0.15) is 5.56 Å². The number of carboxylic acid groups (broad SMARTS) is 1. The second kappa shape index (κ2) is 6.06. The number of carbonyl (C=O) groups excluding carboxylic acids is 1. The quantitative estimate of drug-likeness (QED) is 0.890. The predicted octanol–water partition coefficient (Wildman–Crippen LogP) is 3.56. The summed E-state index contributed by atoms with van der Waals surface area (Å²) in [6.07, 6.45) is 5.02. The highest BCUT2D eigenvalue weighted by molar-refractivity contribution is 6.34. The normalized spacial score (nSPS) is 16.1. The molecule has 1 saturated carbocycles. The molecule has 5 heteroatoms. The van der Waals surface area contributed by atoms with E-state index in [1.54, 1.807) is 12.1 Å². The number of rotatable bonds is 3. The monoisotopic (exact) mass is 281 g/mol. The van der Waals surface area contributed by atoms with Crippen LogP contribution >= 0.6 is 11.6 Å². The second-order valence-corrected chi connectivity index (χ2v) is 5.20. The van der Waals surface area contributed by atoms with Crippen LogP contribution in [0.4, 0.5) is 5.69 Å². The van der Waals surface area contributed by atoms with Crippen LogP contribution in [-0.2, 0) is 4.79 Å². The number of aromatic carboxylic acids is 1. The van der Waals surface area contributed by atoms with Gasteiger partial charge in [-0.1, -0.05) is 36.9 Å². The summed E-state index contributed by atoms with van der Waals surface area (Å²) in [6, 6.07) is 4.70. The zero-order chi connectivity index (χ0) is 13.8. The van der Waals surface area contributed by atoms with E-state index in [1.807, 2.05) is 0 Å². The largest absolute Gasteiger partial charge is 0.478 e. The lowest BCUT2D eigenvalue weighted by molar-refractivity contribution is -0.120. The highest BCUT2D eigenvalue weighted by Crippen LogP contribution is 2.28. The van der Waals surface area contributed by atoms with E-state index >= 15 is 0 Å². The number of amides is 1. The van der Waals surface area contributed by atoms with Gasteiger partial charge in [0.15, 0.2) is 0 Å². The molecule has 0 atom stereocenters. The fraction of sp³-hybridized carbons (Fsp3) is 0.429. The number of carboxylic acids is 1. The molecule has 0 bridgehead atoms. The number of hydrogen-bond acceptors (Lipinski definition) is 2. The van der Waals surface area contributed by atoms with E-state index in [2.05, 4.69) is 5.32 Å². The number of nitrogens with one attached hydrogen (secondary N) is 1. The summed E-state index contributed by atoms with van der Waals surface area (Å²) in [5.74, 6) is -1.26. The van der Waals surface area contributed by atoms with Gasteiger partial charge in [0, 0.05) is 5.92 Å². The maximum atomic E-state index is 12.1. The van der Waals surface area contributed by atoms with Crippen LogP contribution in [0.1, 0.15) is 42.5 Å². The van der Waals surface area contributed by atoms with Gasteiger partial charge in [-0.2, -0.15) is 0 Å². The first-order chi connectivity index (χ1) is 9.09. The number of anilines is 1. The van der Waals surface area contributed by atoms with Gasteiger partial charge in [0.25, 0.3) is 0 Å². The van der Waals surface area contributed by atoms with Crippen LogP contribution in [0.5, 0.6) is 0 Å². The van der Waals surface area contributed by atoms with Crippen molar-refractivity contribution in [1.82, 2.24) is 0 Å². The summed E-state index contributed by atoms with van der Waals surface area (Å²) in [7, 11) is 0. The zero-order valence-electron chi connectivity index (χ0n) is 10.5. The van der Waals surface area contributed by atoms with Crippen LogP contribution in [-0.4, -0.2) is 17.0 Å². The van der Waals surface area contributed by atoms with Crippen molar-refractivity contribution in [2.75, 3.05) is 5.32 Å². The average Bonchev–Trinajstić information content (AvgIpc) is 2.39. The van der Waals surface area contributed by atoms with Gasteiger partial charge in [-0.05, 0) is 25.0 Å². The van der Waals surface area contributed by atoms with Crippen molar-refractivity contribution in [3.63, 3.8) is 0 Å². The van der Waals surface area contributed by atoms with E-state index in [0.29, 0.717) is 0 Å². The molecule has 2 N–H and O–H groups in total. The molecular formula is C14H16ClNO3. The van der Waals surface area contributed by atoms with Crippen molar-refractivity contribution >= 4 is 29.2 Å². The van der Waals surface area contributed by atoms with Crippen molar-refractivity contribution < 1.29 is 14.7 Å². The molecule has 2 rings (SSSR count). The number of carbonyl (C=O) groups is 2. The van der Waals surface area contributed by atoms with E-state index in [4.69, 9.17) is 16.7 Å². The predicted molar refractivity (Wildman–Crippen MR) is 73.6 cm³/mol. The molecule has 1 aromatic carbocycles. The van der Waals surface area contributed by atoms with Crippen LogP contribution in [0.25, 0.3) is 0 Å². The first-order valence-corrected chi connectivity index (χ1v) is 6.80. The van der Waals surface area contributed by atoms with Gasteiger partial charge < -0.3 is 10.4 Å². The summed E-state index contributed by atoms with van der Waals surface area (Å²) >= 11 is 5.86. The smallest absolute Gasteiger partial charge is 0.339 e. The summed E-state index contributed by atoms with van der Waals surface area (Å²) in [6.45, 7) is 0. The maximum absolute atomic E-state index is 12.1. The third-order valence-electron chi connectivity index (χ3n) is 3.46. The van der Waals surface area contributed by atoms with Crippen LogP contribution in [0.2, 0.25) is 5.02 Å². The van der Waals surface area contributed by atoms with E-state index in [1.165, 1.54) is 12.5 Å². The second-order valence-electron chi connectivity index (χ2n) is 4.79. The Bertz CT molecular complexity index is 495. The Morgan fingerprint density at radius 3 is 2.53 bits per heavy atom. The molecule has 19 heavy (non-hydrogen) atoms. The van der Waals surface area contributed by atoms with Crippen molar-refractivity contribution in [3.05, 3.63) is 28.8 Å². The minimum atomic E-state index is -1.13. The molecular weight excluding hydrogens is 266 g/mol. The van der Waals surface area contributed by atoms with Crippen LogP contribution in [0.3, 0.4) is 0 Å². The molecule has 1 aliphatic rings. The van der Waals surface area contributed by atoms with Crippen LogP contribution in [0, 0.1) is 5.92 Å². The summed E-state index contributed by atoms with van der Waals surface area (Å²) < 4.78 is 0. The summed E-state index contributed by atoms with van der Waals surface area (Å²) in [5.41, 5.74) is 0.226. The minimum absolute atomic E-state index is 0.0191. The molecule has 0 heterocycles. The topological polar surface area (TPSA) is 66.4 Å². The fourth-order valence-electron chi connectivity index (χ4n) is 2.45. The Labute approximate surface area is 116 Å².